The highest BCUT2D eigenvalue weighted by Crippen LogP contribution is 2.37. The number of aliphatic imine (C=N–C) groups is 1. The van der Waals surface area contributed by atoms with Crippen LogP contribution in [0.25, 0.3) is 0 Å². The number of halogens is 2. The summed E-state index contributed by atoms with van der Waals surface area (Å²) in [6, 6.07) is 6.22. The Morgan fingerprint density at radius 3 is 2.68 bits per heavy atom. The summed E-state index contributed by atoms with van der Waals surface area (Å²) in [5.41, 5.74) is 7.11. The molecule has 0 saturated heterocycles. The Labute approximate surface area is 123 Å². The first kappa shape index (κ1) is 13.1. The molecule has 1 fully saturated rings. The van der Waals surface area contributed by atoms with Crippen LogP contribution in [0.4, 0.5) is 0 Å². The lowest BCUT2D eigenvalue weighted by Crippen LogP contribution is -2.42. The van der Waals surface area contributed by atoms with Crippen LogP contribution in [-0.2, 0) is 0 Å². The van der Waals surface area contributed by atoms with Crippen LogP contribution in [0.2, 0.25) is 10.0 Å². The van der Waals surface area contributed by atoms with Crippen molar-refractivity contribution in [2.75, 3.05) is 6.54 Å². The molecule has 1 unspecified atom stereocenters. The minimum absolute atomic E-state index is 0.134. The Hall–Kier alpha value is -0.930. The molecule has 1 aromatic carbocycles. The zero-order chi connectivity index (χ0) is 13.4. The third kappa shape index (κ3) is 2.41. The number of nitrogens with two attached hydrogens (primary N) is 1. The van der Waals surface area contributed by atoms with Crippen molar-refractivity contribution < 1.29 is 0 Å². The Balaban J connectivity index is 1.93. The van der Waals surface area contributed by atoms with E-state index in [1.807, 2.05) is 18.2 Å². The lowest BCUT2D eigenvalue weighted by molar-refractivity contribution is 0.262. The van der Waals surface area contributed by atoms with Gasteiger partial charge < -0.3 is 10.6 Å². The van der Waals surface area contributed by atoms with Crippen molar-refractivity contribution in [1.29, 1.82) is 0 Å². The molecule has 1 atom stereocenters. The first-order chi connectivity index (χ1) is 9.16. The van der Waals surface area contributed by atoms with Gasteiger partial charge in [-0.1, -0.05) is 36.0 Å². The quantitative estimate of drug-likeness (QED) is 0.906. The van der Waals surface area contributed by atoms with Crippen LogP contribution in [0.15, 0.2) is 23.2 Å². The third-order valence-electron chi connectivity index (χ3n) is 4.06. The van der Waals surface area contributed by atoms with Gasteiger partial charge in [-0.15, -0.1) is 0 Å². The second-order valence-electron chi connectivity index (χ2n) is 5.23. The second kappa shape index (κ2) is 5.22. The van der Waals surface area contributed by atoms with Gasteiger partial charge in [0.1, 0.15) is 0 Å². The van der Waals surface area contributed by atoms with Crippen molar-refractivity contribution in [1.82, 2.24) is 4.90 Å². The molecule has 0 amide bonds. The van der Waals surface area contributed by atoms with Gasteiger partial charge in [0, 0.05) is 16.1 Å². The molecule has 3 rings (SSSR count). The fourth-order valence-corrected chi connectivity index (χ4v) is 3.58. The van der Waals surface area contributed by atoms with Gasteiger partial charge in [-0.05, 0) is 36.6 Å². The average Bonchev–Trinajstić information content (AvgIpc) is 3.01. The molecular formula is C14H17Cl2N3. The molecule has 1 aliphatic carbocycles. The van der Waals surface area contributed by atoms with Crippen LogP contribution in [-0.4, -0.2) is 23.4 Å². The maximum Gasteiger partial charge on any atom is 0.192 e. The number of guanidine groups is 1. The molecule has 102 valence electrons. The minimum Gasteiger partial charge on any atom is -0.370 e. The smallest absolute Gasteiger partial charge is 0.192 e. The van der Waals surface area contributed by atoms with Crippen LogP contribution in [0, 0.1) is 0 Å². The largest absolute Gasteiger partial charge is 0.370 e. The SMILES string of the molecule is NC1=NCC(c2cc(Cl)ccc2Cl)N1C1CCCC1. The fourth-order valence-electron chi connectivity index (χ4n) is 3.15. The predicted octanol–water partition coefficient (Wildman–Crippen LogP) is 3.61. The average molecular weight is 298 g/mol. The van der Waals surface area contributed by atoms with Crippen LogP contribution < -0.4 is 5.73 Å². The summed E-state index contributed by atoms with van der Waals surface area (Å²) in [5.74, 6) is 0.646. The highest BCUT2D eigenvalue weighted by Gasteiger charge is 2.35. The zero-order valence-corrected chi connectivity index (χ0v) is 12.2. The molecule has 2 aliphatic rings. The Morgan fingerprint density at radius 1 is 1.21 bits per heavy atom. The molecule has 1 saturated carbocycles. The summed E-state index contributed by atoms with van der Waals surface area (Å²) in [6.45, 7) is 0.669. The topological polar surface area (TPSA) is 41.6 Å². The van der Waals surface area contributed by atoms with E-state index in [9.17, 15) is 0 Å². The van der Waals surface area contributed by atoms with Crippen LogP contribution in [0.1, 0.15) is 37.3 Å². The van der Waals surface area contributed by atoms with Gasteiger partial charge in [-0.2, -0.15) is 0 Å². The first-order valence-corrected chi connectivity index (χ1v) is 7.45. The Morgan fingerprint density at radius 2 is 1.95 bits per heavy atom. The summed E-state index contributed by atoms with van der Waals surface area (Å²) in [7, 11) is 0. The van der Waals surface area contributed by atoms with E-state index in [0.717, 1.165) is 10.6 Å². The number of nitrogens with zero attached hydrogens (tertiary/aromatic N) is 2. The van der Waals surface area contributed by atoms with E-state index in [-0.39, 0.29) is 6.04 Å². The standard InChI is InChI=1S/C14H17Cl2N3/c15-9-5-6-12(16)11(7-9)13-8-18-14(17)19(13)10-3-1-2-4-10/h5-7,10,13H,1-4,8H2,(H2,17,18). The summed E-state index contributed by atoms with van der Waals surface area (Å²) in [6.07, 6.45) is 4.91. The van der Waals surface area contributed by atoms with Crippen LogP contribution >= 0.6 is 23.2 Å². The molecule has 1 heterocycles. The van der Waals surface area contributed by atoms with E-state index in [4.69, 9.17) is 28.9 Å². The molecule has 5 heteroatoms. The number of rotatable bonds is 2. The van der Waals surface area contributed by atoms with Crippen molar-refractivity contribution in [3.63, 3.8) is 0 Å². The molecule has 0 aromatic heterocycles. The van der Waals surface area contributed by atoms with Crippen molar-refractivity contribution in [2.45, 2.75) is 37.8 Å². The lowest BCUT2D eigenvalue weighted by atomic mass is 10.0. The van der Waals surface area contributed by atoms with Gasteiger partial charge in [0.2, 0.25) is 0 Å². The predicted molar refractivity (Wildman–Crippen MR) is 79.8 cm³/mol. The number of benzene rings is 1. The highest BCUT2D eigenvalue weighted by atomic mass is 35.5. The van der Waals surface area contributed by atoms with Gasteiger partial charge in [-0.25, -0.2) is 0 Å². The molecular weight excluding hydrogens is 281 g/mol. The van der Waals surface area contributed by atoms with Gasteiger partial charge in [0.15, 0.2) is 5.96 Å². The summed E-state index contributed by atoms with van der Waals surface area (Å²) in [4.78, 5) is 6.65. The summed E-state index contributed by atoms with van der Waals surface area (Å²) < 4.78 is 0. The molecule has 19 heavy (non-hydrogen) atoms. The molecule has 1 aromatic rings. The Bertz CT molecular complexity index is 509. The molecule has 0 radical (unpaired) electrons. The minimum atomic E-state index is 0.134. The monoisotopic (exact) mass is 297 g/mol. The summed E-state index contributed by atoms with van der Waals surface area (Å²) >= 11 is 12.4. The van der Waals surface area contributed by atoms with Crippen molar-refractivity contribution in [3.05, 3.63) is 33.8 Å². The normalized spacial score (nSPS) is 24.0. The number of hydrogen-bond donors (Lipinski definition) is 1. The molecule has 0 bridgehead atoms. The van der Waals surface area contributed by atoms with E-state index in [2.05, 4.69) is 9.89 Å². The highest BCUT2D eigenvalue weighted by molar-refractivity contribution is 6.33. The van der Waals surface area contributed by atoms with Crippen molar-refractivity contribution in [2.24, 2.45) is 10.7 Å². The molecule has 3 nitrogen and oxygen atoms in total. The third-order valence-corrected chi connectivity index (χ3v) is 4.64. The van der Waals surface area contributed by atoms with Crippen LogP contribution in [0.3, 0.4) is 0 Å². The van der Waals surface area contributed by atoms with E-state index in [0.29, 0.717) is 23.6 Å². The summed E-state index contributed by atoms with van der Waals surface area (Å²) in [5, 5.41) is 1.44. The van der Waals surface area contributed by atoms with Gasteiger partial charge in [-0.3, -0.25) is 4.99 Å². The maximum absolute atomic E-state index is 6.32. The van der Waals surface area contributed by atoms with Crippen LogP contribution in [0.5, 0.6) is 0 Å². The van der Waals surface area contributed by atoms with Gasteiger partial charge in [0.05, 0.1) is 12.6 Å². The molecule has 0 spiro atoms. The van der Waals surface area contributed by atoms with Crippen molar-refractivity contribution in [3.8, 4) is 0 Å². The van der Waals surface area contributed by atoms with E-state index < -0.39 is 0 Å². The zero-order valence-electron chi connectivity index (χ0n) is 10.6. The second-order valence-corrected chi connectivity index (χ2v) is 6.07. The Kier molecular flexibility index (Phi) is 3.59. The van der Waals surface area contributed by atoms with Gasteiger partial charge in [0.25, 0.3) is 0 Å². The molecule has 2 N–H and O–H groups in total. The molecule has 1 aliphatic heterocycles. The van der Waals surface area contributed by atoms with Crippen molar-refractivity contribution >= 4 is 29.2 Å². The van der Waals surface area contributed by atoms with E-state index in [1.165, 1.54) is 25.7 Å². The fraction of sp³-hybridized carbons (Fsp3) is 0.500. The maximum atomic E-state index is 6.32. The first-order valence-electron chi connectivity index (χ1n) is 6.70. The van der Waals surface area contributed by atoms with E-state index in [1.54, 1.807) is 0 Å². The lowest BCUT2D eigenvalue weighted by Gasteiger charge is -2.32. The van der Waals surface area contributed by atoms with Gasteiger partial charge >= 0.3 is 0 Å². The van der Waals surface area contributed by atoms with E-state index >= 15 is 0 Å². The number of hydrogen-bond acceptors (Lipinski definition) is 3.